The number of aryl methyl sites for hydroxylation is 1. The fourth-order valence-electron chi connectivity index (χ4n) is 4.14. The van der Waals surface area contributed by atoms with Crippen molar-refractivity contribution in [3.05, 3.63) is 41.9 Å². The zero-order valence-corrected chi connectivity index (χ0v) is 19.5. The van der Waals surface area contributed by atoms with Crippen LogP contribution in [0.15, 0.2) is 30.5 Å². The molecule has 2 aromatic carbocycles. The number of hydrogen-bond donors (Lipinski definition) is 1. The molecule has 156 valence electrons. The van der Waals surface area contributed by atoms with E-state index in [4.69, 9.17) is 4.74 Å². The molecule has 4 aromatic rings. The van der Waals surface area contributed by atoms with Gasteiger partial charge < -0.3 is 14.6 Å². The molecule has 0 unspecified atom stereocenters. The van der Waals surface area contributed by atoms with Gasteiger partial charge in [0.05, 0.1) is 24.5 Å². The van der Waals surface area contributed by atoms with Gasteiger partial charge in [0.2, 0.25) is 0 Å². The van der Waals surface area contributed by atoms with Crippen molar-refractivity contribution < 1.29 is 9.53 Å². The zero-order chi connectivity index (χ0) is 23.2. The first-order valence-corrected chi connectivity index (χ1v) is 10.4. The summed E-state index contributed by atoms with van der Waals surface area (Å²) in [6.07, 6.45) is 1.85. The molecule has 0 radical (unpaired) electrons. The monoisotopic (exact) mass is 421 g/mol. The molecule has 32 heavy (non-hydrogen) atoms. The predicted octanol–water partition coefficient (Wildman–Crippen LogP) is -3.37. The van der Waals surface area contributed by atoms with Gasteiger partial charge in [-0.15, -0.1) is 10.2 Å². The van der Waals surface area contributed by atoms with Gasteiger partial charge in [0.1, 0.15) is 43.0 Å². The highest BCUT2D eigenvalue weighted by atomic mass is 16.5. The number of anilines is 1. The fourth-order valence-corrected chi connectivity index (χ4v) is 4.14. The first kappa shape index (κ1) is 21.7. The molecule has 0 bridgehead atoms. The summed E-state index contributed by atoms with van der Waals surface area (Å²) in [4.78, 5) is 17.6. The van der Waals surface area contributed by atoms with Crippen LogP contribution in [0.5, 0.6) is 5.75 Å². The molecule has 0 saturated heterocycles. The lowest BCUT2D eigenvalue weighted by Gasteiger charge is -2.20. The summed E-state index contributed by atoms with van der Waals surface area (Å²) in [7, 11) is 11.5. The first-order chi connectivity index (χ1) is 15.2. The van der Waals surface area contributed by atoms with Crippen LogP contribution in [0.4, 0.5) is 5.82 Å². The van der Waals surface area contributed by atoms with E-state index in [9.17, 15) is 4.79 Å². The molecule has 0 atom stereocenters. The van der Waals surface area contributed by atoms with Crippen molar-refractivity contribution in [3.63, 3.8) is 0 Å². The zero-order valence-electron chi connectivity index (χ0n) is 19.5. The molecule has 1 N–H and O–H groups in total. The minimum Gasteiger partial charge on any atom is -0.498 e. The number of rotatable bonds is 4. The Kier molecular flexibility index (Phi) is 5.59. The highest BCUT2D eigenvalue weighted by molar-refractivity contribution is 6.61. The van der Waals surface area contributed by atoms with Gasteiger partial charge in [-0.3, -0.25) is 4.79 Å². The number of imidazole rings is 1. The molecular weight excluding hydrogens is 398 g/mol. The van der Waals surface area contributed by atoms with E-state index >= 15 is 0 Å². The Labute approximate surface area is 190 Å². The van der Waals surface area contributed by atoms with Gasteiger partial charge in [-0.2, -0.15) is 0 Å². The molecule has 7 nitrogen and oxygen atoms in total. The van der Waals surface area contributed by atoms with Crippen LogP contribution in [0.1, 0.15) is 16.2 Å². The van der Waals surface area contributed by atoms with Crippen LogP contribution in [-0.4, -0.2) is 64.2 Å². The number of ether oxygens (including phenoxy) is 1. The standard InChI is InChI=1S/C21H23B4N5O2/c1-9-26-8-13(30(9)2)10-4-5-12-11(6-10)7-14(29-28-12)27-21(31)15-16(22)18(24)20(32-3)19(25)17(15)23/h4-8H,22-25H2,1-3H3,(H,27,29,31). The summed E-state index contributed by atoms with van der Waals surface area (Å²) in [5, 5.41) is 12.3. The Morgan fingerprint density at radius 2 is 1.72 bits per heavy atom. The second-order valence-electron chi connectivity index (χ2n) is 8.12. The lowest BCUT2D eigenvalue weighted by atomic mass is 9.66. The predicted molar refractivity (Wildman–Crippen MR) is 140 cm³/mol. The molecule has 11 heteroatoms. The van der Waals surface area contributed by atoms with Crippen LogP contribution in [0.3, 0.4) is 0 Å². The van der Waals surface area contributed by atoms with Crippen molar-refractivity contribution in [3.8, 4) is 17.0 Å². The Morgan fingerprint density at radius 3 is 2.31 bits per heavy atom. The highest BCUT2D eigenvalue weighted by Gasteiger charge is 2.20. The van der Waals surface area contributed by atoms with E-state index in [0.29, 0.717) is 11.4 Å². The fraction of sp³-hybridized carbons (Fsp3) is 0.143. The largest absolute Gasteiger partial charge is 0.498 e. The Hall–Kier alpha value is -3.48. The third-order valence-electron chi connectivity index (χ3n) is 6.33. The summed E-state index contributed by atoms with van der Waals surface area (Å²) in [5.41, 5.74) is 7.15. The van der Waals surface area contributed by atoms with Crippen molar-refractivity contribution in [2.75, 3.05) is 12.4 Å². The van der Waals surface area contributed by atoms with Crippen LogP contribution in [0, 0.1) is 6.92 Å². The average molecular weight is 421 g/mol. The third-order valence-corrected chi connectivity index (χ3v) is 6.33. The lowest BCUT2D eigenvalue weighted by molar-refractivity contribution is 0.102. The van der Waals surface area contributed by atoms with Gasteiger partial charge >= 0.3 is 0 Å². The number of aromatic nitrogens is 4. The number of methoxy groups -OCH3 is 1. The average Bonchev–Trinajstić information content (AvgIpc) is 3.11. The molecule has 1 amide bonds. The highest BCUT2D eigenvalue weighted by Crippen LogP contribution is 2.24. The van der Waals surface area contributed by atoms with E-state index in [0.717, 1.165) is 55.6 Å². The first-order valence-electron chi connectivity index (χ1n) is 10.4. The maximum atomic E-state index is 13.2. The molecule has 0 aliphatic heterocycles. The van der Waals surface area contributed by atoms with Gasteiger partial charge in [-0.1, -0.05) is 27.9 Å². The smallest absolute Gasteiger partial charge is 0.255 e. The minimum absolute atomic E-state index is 0.207. The van der Waals surface area contributed by atoms with E-state index in [1.807, 2.05) is 80.4 Å². The van der Waals surface area contributed by atoms with E-state index in [1.165, 1.54) is 0 Å². The maximum absolute atomic E-state index is 13.2. The van der Waals surface area contributed by atoms with Crippen molar-refractivity contribution in [1.82, 2.24) is 19.7 Å². The third kappa shape index (κ3) is 3.57. The molecule has 0 aliphatic carbocycles. The number of amides is 1. The van der Waals surface area contributed by atoms with Gasteiger partial charge in [0.15, 0.2) is 5.82 Å². The summed E-state index contributed by atoms with van der Waals surface area (Å²) >= 11 is 0. The molecule has 0 saturated carbocycles. The summed E-state index contributed by atoms with van der Waals surface area (Å²) in [6, 6.07) is 7.81. The number of nitrogens with zero attached hydrogens (tertiary/aromatic N) is 4. The SMILES string of the molecule is Bc1c(B)c(C(=O)Nc2cc3cc(-c4cnc(C)n4C)ccc3nn2)c(B)c(B)c1OC. The van der Waals surface area contributed by atoms with E-state index in [1.54, 1.807) is 7.11 Å². The number of carbonyl (C=O) groups is 1. The van der Waals surface area contributed by atoms with Gasteiger partial charge in [0.25, 0.3) is 5.91 Å². The van der Waals surface area contributed by atoms with E-state index in [-0.39, 0.29) is 5.91 Å². The van der Waals surface area contributed by atoms with Gasteiger partial charge in [-0.05, 0) is 25.1 Å². The summed E-state index contributed by atoms with van der Waals surface area (Å²) in [5.74, 6) is 1.96. The second kappa shape index (κ2) is 8.22. The second-order valence-corrected chi connectivity index (χ2v) is 8.12. The summed E-state index contributed by atoms with van der Waals surface area (Å²) in [6.45, 7) is 1.97. The molecule has 2 aromatic heterocycles. The summed E-state index contributed by atoms with van der Waals surface area (Å²) < 4.78 is 7.58. The van der Waals surface area contributed by atoms with Crippen molar-refractivity contribution in [1.29, 1.82) is 0 Å². The van der Waals surface area contributed by atoms with E-state index in [2.05, 4.69) is 20.5 Å². The number of hydrogen-bond acceptors (Lipinski definition) is 5. The quantitative estimate of drug-likeness (QED) is 0.349. The van der Waals surface area contributed by atoms with Crippen LogP contribution >= 0.6 is 0 Å². The van der Waals surface area contributed by atoms with Crippen LogP contribution in [0.25, 0.3) is 22.2 Å². The molecule has 4 rings (SSSR count). The van der Waals surface area contributed by atoms with Crippen molar-refractivity contribution in [2.45, 2.75) is 6.92 Å². The van der Waals surface area contributed by atoms with Gasteiger partial charge in [-0.25, -0.2) is 4.98 Å². The van der Waals surface area contributed by atoms with Crippen LogP contribution in [-0.2, 0) is 7.05 Å². The van der Waals surface area contributed by atoms with Crippen LogP contribution in [0.2, 0.25) is 0 Å². The molecule has 0 spiro atoms. The van der Waals surface area contributed by atoms with Crippen molar-refractivity contribution in [2.24, 2.45) is 7.05 Å². The number of nitrogens with one attached hydrogen (secondary N) is 1. The van der Waals surface area contributed by atoms with Gasteiger partial charge in [0, 0.05) is 23.6 Å². The normalized spacial score (nSPS) is 11.0. The Bertz CT molecular complexity index is 1360. The molecule has 0 fully saturated rings. The molecule has 0 aliphatic rings. The number of fused-ring (bicyclic) bond motifs is 1. The Morgan fingerprint density at radius 1 is 1.03 bits per heavy atom. The number of carbonyl (C=O) groups excluding carboxylic acids is 1. The lowest BCUT2D eigenvalue weighted by Crippen LogP contribution is -2.47. The topological polar surface area (TPSA) is 81.9 Å². The minimum atomic E-state index is -0.207. The maximum Gasteiger partial charge on any atom is 0.255 e. The number of benzene rings is 2. The van der Waals surface area contributed by atoms with Crippen LogP contribution < -0.4 is 31.9 Å². The molecular formula is C21H23B4N5O2. The van der Waals surface area contributed by atoms with Crippen molar-refractivity contribution >= 4 is 75.9 Å². The van der Waals surface area contributed by atoms with E-state index < -0.39 is 0 Å². The Balaban J connectivity index is 1.71. The molecule has 2 heterocycles.